The van der Waals surface area contributed by atoms with Gasteiger partial charge in [-0.15, -0.1) is 0 Å². The summed E-state index contributed by atoms with van der Waals surface area (Å²) in [4.78, 5) is 13.9. The Morgan fingerprint density at radius 2 is 1.97 bits per heavy atom. The molecule has 39 heavy (non-hydrogen) atoms. The molecule has 0 radical (unpaired) electrons. The van der Waals surface area contributed by atoms with Crippen LogP contribution in [0.2, 0.25) is 0 Å². The number of methoxy groups -OCH3 is 1. The number of hydrogen-bond donors (Lipinski definition) is 1. The Bertz CT molecular complexity index is 1280. The number of fused-ring (bicyclic) bond motifs is 1. The maximum Gasteiger partial charge on any atom is 0.306 e. The molecule has 0 bridgehead atoms. The van der Waals surface area contributed by atoms with Crippen LogP contribution in [0.5, 0.6) is 5.75 Å². The Kier molecular flexibility index (Phi) is 8.10. The summed E-state index contributed by atoms with van der Waals surface area (Å²) in [5.41, 5.74) is 5.94. The summed E-state index contributed by atoms with van der Waals surface area (Å²) in [5.74, 6) is -0.350. The van der Waals surface area contributed by atoms with E-state index in [2.05, 4.69) is 35.2 Å². The lowest BCUT2D eigenvalue weighted by Gasteiger charge is -2.30. The van der Waals surface area contributed by atoms with Crippen LogP contribution in [0.4, 0.5) is 4.39 Å². The molecular weight excluding hydrogens is 497 g/mol. The molecule has 1 aliphatic carbocycles. The van der Waals surface area contributed by atoms with Crippen LogP contribution in [0.25, 0.3) is 5.57 Å². The van der Waals surface area contributed by atoms with E-state index in [1.807, 2.05) is 27.1 Å². The van der Waals surface area contributed by atoms with Gasteiger partial charge in [0.25, 0.3) is 0 Å². The third-order valence-corrected chi connectivity index (χ3v) is 8.19. The van der Waals surface area contributed by atoms with Gasteiger partial charge in [-0.05, 0) is 98.0 Å². The molecule has 2 unspecified atom stereocenters. The summed E-state index contributed by atoms with van der Waals surface area (Å²) in [5, 5.41) is 9.71. The van der Waals surface area contributed by atoms with Crippen LogP contribution >= 0.6 is 0 Å². The zero-order valence-electron chi connectivity index (χ0n) is 23.2. The lowest BCUT2D eigenvalue weighted by atomic mass is 9.82. The summed E-state index contributed by atoms with van der Waals surface area (Å²) in [6.07, 6.45) is 6.44. The van der Waals surface area contributed by atoms with Gasteiger partial charge in [0.15, 0.2) is 5.83 Å². The van der Waals surface area contributed by atoms with Crippen LogP contribution in [0.3, 0.4) is 0 Å². The predicted octanol–water partition coefficient (Wildman–Crippen LogP) is 6.27. The summed E-state index contributed by atoms with van der Waals surface area (Å²) >= 11 is 0. The normalized spacial score (nSPS) is 22.2. The van der Waals surface area contributed by atoms with Gasteiger partial charge in [0.1, 0.15) is 18.1 Å². The van der Waals surface area contributed by atoms with Gasteiger partial charge in [-0.3, -0.25) is 4.79 Å². The fraction of sp³-hybridized carbons (Fsp3) is 0.469. The van der Waals surface area contributed by atoms with Crippen LogP contribution in [0.1, 0.15) is 66.0 Å². The van der Waals surface area contributed by atoms with E-state index in [0.717, 1.165) is 78.5 Å². The molecular formula is C32H38FNO5. The van der Waals surface area contributed by atoms with Crippen molar-refractivity contribution >= 4 is 11.5 Å². The lowest BCUT2D eigenvalue weighted by molar-refractivity contribution is -0.142. The van der Waals surface area contributed by atoms with Crippen molar-refractivity contribution in [2.45, 2.75) is 57.3 Å². The second kappa shape index (κ2) is 11.5. The molecule has 2 aromatic rings. The fourth-order valence-corrected chi connectivity index (χ4v) is 5.89. The minimum absolute atomic E-state index is 0.00265. The van der Waals surface area contributed by atoms with E-state index in [9.17, 15) is 14.3 Å². The highest BCUT2D eigenvalue weighted by Gasteiger charge is 2.39. The predicted molar refractivity (Wildman–Crippen MR) is 148 cm³/mol. The van der Waals surface area contributed by atoms with Gasteiger partial charge in [-0.1, -0.05) is 37.3 Å². The average molecular weight is 536 g/mol. The Balaban J connectivity index is 1.44. The highest BCUT2D eigenvalue weighted by molar-refractivity contribution is 5.73. The molecule has 0 amide bonds. The number of rotatable bonds is 10. The van der Waals surface area contributed by atoms with E-state index >= 15 is 0 Å². The first-order chi connectivity index (χ1) is 18.7. The zero-order chi connectivity index (χ0) is 27.7. The van der Waals surface area contributed by atoms with Crippen LogP contribution in [0.15, 0.2) is 54.6 Å². The zero-order valence-corrected chi connectivity index (χ0v) is 23.2. The summed E-state index contributed by atoms with van der Waals surface area (Å²) in [6, 6.07) is 12.5. The SMILES string of the molecule is CO[C@H]1OC=C(F)C=C1c1ccc([C@H]2CCc3ccc(C(C4CC4)C(C)C(=O)O)cc3O2)cc1CCN(C)C. The molecule has 2 aromatic carbocycles. The average Bonchev–Trinajstić information content (AvgIpc) is 3.76. The van der Waals surface area contributed by atoms with Gasteiger partial charge < -0.3 is 24.2 Å². The number of aryl methyl sites for hydroxylation is 1. The second-order valence-corrected chi connectivity index (χ2v) is 11.3. The van der Waals surface area contributed by atoms with E-state index < -0.39 is 24.0 Å². The van der Waals surface area contributed by atoms with Crippen molar-refractivity contribution in [2.24, 2.45) is 11.8 Å². The number of aliphatic carboxylic acids is 1. The number of carboxylic acids is 1. The minimum atomic E-state index is -0.752. The number of nitrogens with zero attached hydrogens (tertiary/aromatic N) is 1. The number of allylic oxidation sites excluding steroid dienone is 2. The molecule has 0 aromatic heterocycles. The number of likely N-dealkylation sites (N-methyl/N-ethyl adjacent to an activating group) is 1. The van der Waals surface area contributed by atoms with Gasteiger partial charge in [0.2, 0.25) is 6.29 Å². The largest absolute Gasteiger partial charge is 0.485 e. The molecule has 6 nitrogen and oxygen atoms in total. The Morgan fingerprint density at radius 1 is 1.18 bits per heavy atom. The number of carboxylic acid groups (broad SMARTS) is 1. The first-order valence-corrected chi connectivity index (χ1v) is 13.8. The van der Waals surface area contributed by atoms with Gasteiger partial charge in [-0.25, -0.2) is 4.39 Å². The Labute approximate surface area is 230 Å². The van der Waals surface area contributed by atoms with E-state index in [-0.39, 0.29) is 12.0 Å². The Hall–Kier alpha value is -3.16. The third kappa shape index (κ3) is 6.04. The summed E-state index contributed by atoms with van der Waals surface area (Å²) in [6.45, 7) is 2.65. The van der Waals surface area contributed by atoms with Crippen molar-refractivity contribution < 1.29 is 28.5 Å². The number of carbonyl (C=O) groups is 1. The van der Waals surface area contributed by atoms with Gasteiger partial charge in [-0.2, -0.15) is 0 Å². The molecule has 208 valence electrons. The van der Waals surface area contributed by atoms with Crippen molar-refractivity contribution in [2.75, 3.05) is 27.7 Å². The highest BCUT2D eigenvalue weighted by Crippen LogP contribution is 2.48. The van der Waals surface area contributed by atoms with Crippen LogP contribution in [-0.4, -0.2) is 50.0 Å². The Morgan fingerprint density at radius 3 is 2.67 bits per heavy atom. The van der Waals surface area contributed by atoms with Crippen molar-refractivity contribution in [3.05, 3.63) is 82.4 Å². The molecule has 1 N–H and O–H groups in total. The molecule has 1 fully saturated rings. The fourth-order valence-electron chi connectivity index (χ4n) is 5.89. The molecule has 0 spiro atoms. The van der Waals surface area contributed by atoms with E-state index in [1.165, 1.54) is 6.08 Å². The van der Waals surface area contributed by atoms with Gasteiger partial charge in [0, 0.05) is 19.2 Å². The van der Waals surface area contributed by atoms with Gasteiger partial charge >= 0.3 is 5.97 Å². The monoisotopic (exact) mass is 535 g/mol. The number of halogens is 1. The molecule has 1 saturated carbocycles. The molecule has 5 rings (SSSR count). The summed E-state index contributed by atoms with van der Waals surface area (Å²) in [7, 11) is 5.62. The van der Waals surface area contributed by atoms with Gasteiger partial charge in [0.05, 0.1) is 5.92 Å². The first-order valence-electron chi connectivity index (χ1n) is 13.8. The topological polar surface area (TPSA) is 68.2 Å². The second-order valence-electron chi connectivity index (χ2n) is 11.3. The number of ether oxygens (including phenoxy) is 3. The quantitative estimate of drug-likeness (QED) is 0.387. The van der Waals surface area contributed by atoms with Crippen molar-refractivity contribution in [3.63, 3.8) is 0 Å². The first kappa shape index (κ1) is 27.4. The maximum absolute atomic E-state index is 14.2. The maximum atomic E-state index is 14.2. The molecule has 0 saturated heterocycles. The minimum Gasteiger partial charge on any atom is -0.485 e. The molecule has 2 aliphatic heterocycles. The summed E-state index contributed by atoms with van der Waals surface area (Å²) < 4.78 is 31.7. The smallest absolute Gasteiger partial charge is 0.306 e. The highest BCUT2D eigenvalue weighted by atomic mass is 19.1. The van der Waals surface area contributed by atoms with Crippen LogP contribution in [0, 0.1) is 11.8 Å². The van der Waals surface area contributed by atoms with E-state index in [0.29, 0.717) is 11.5 Å². The van der Waals surface area contributed by atoms with Crippen molar-refractivity contribution in [1.29, 1.82) is 0 Å². The molecule has 3 aliphatic rings. The lowest BCUT2D eigenvalue weighted by Crippen LogP contribution is -2.22. The van der Waals surface area contributed by atoms with E-state index in [4.69, 9.17) is 14.2 Å². The van der Waals surface area contributed by atoms with E-state index in [1.54, 1.807) is 7.11 Å². The number of benzene rings is 2. The molecule has 7 heteroatoms. The molecule has 2 heterocycles. The third-order valence-electron chi connectivity index (χ3n) is 8.19. The van der Waals surface area contributed by atoms with Crippen LogP contribution < -0.4 is 4.74 Å². The standard InChI is InChI=1S/C32H38FNO5/c1-19(31(35)36)30(21-6-7-21)24-8-5-20-10-12-28(39-29(20)16-24)23-9-11-26(22(15-23)13-14-34(2)3)27-17-25(33)18-38-32(27)37-4/h5,8-9,11,15-19,21,28,30,32H,6-7,10,12-14H2,1-4H3,(H,35,36)/t19?,28-,30?,32+/m1/s1. The molecule has 4 atom stereocenters. The van der Waals surface area contributed by atoms with Crippen LogP contribution in [-0.2, 0) is 27.1 Å². The van der Waals surface area contributed by atoms with Crippen molar-refractivity contribution in [1.82, 2.24) is 4.90 Å². The number of hydrogen-bond acceptors (Lipinski definition) is 5. The van der Waals surface area contributed by atoms with Crippen molar-refractivity contribution in [3.8, 4) is 5.75 Å².